The topological polar surface area (TPSA) is 40.5 Å². The molecule has 0 radical (unpaired) electrons. The molecule has 1 aliphatic heterocycles. The molecular weight excluding hydrogens is 257 g/mol. The Morgan fingerprint density at radius 1 is 1.45 bits per heavy atom. The SMILES string of the molecule is CC1CCCCN1Cc1cc(F)cc(C=CC(=O)O)c1. The number of carbonyl (C=O) groups is 1. The number of carboxylic acids is 1. The number of hydrogen-bond acceptors (Lipinski definition) is 2. The van der Waals surface area contributed by atoms with Gasteiger partial charge < -0.3 is 5.11 Å². The van der Waals surface area contributed by atoms with E-state index in [1.165, 1.54) is 37.5 Å². The Morgan fingerprint density at radius 2 is 2.25 bits per heavy atom. The Balaban J connectivity index is 2.13. The fourth-order valence-electron chi connectivity index (χ4n) is 2.66. The standard InChI is InChI=1S/C16H20FNO2/c1-12-4-2-3-7-18(12)11-14-8-13(5-6-16(19)20)9-15(17)10-14/h5-6,8-10,12H,2-4,7,11H2,1H3,(H,19,20). The number of halogens is 1. The number of nitrogens with zero attached hydrogens (tertiary/aromatic N) is 1. The van der Waals surface area contributed by atoms with Gasteiger partial charge in [-0.2, -0.15) is 0 Å². The van der Waals surface area contributed by atoms with Gasteiger partial charge in [-0.25, -0.2) is 9.18 Å². The Bertz CT molecular complexity index is 513. The minimum absolute atomic E-state index is 0.322. The fourth-order valence-corrected chi connectivity index (χ4v) is 2.66. The zero-order valence-electron chi connectivity index (χ0n) is 11.7. The van der Waals surface area contributed by atoms with Gasteiger partial charge in [0.05, 0.1) is 0 Å². The Morgan fingerprint density at radius 3 is 2.95 bits per heavy atom. The lowest BCUT2D eigenvalue weighted by Crippen LogP contribution is -2.36. The van der Waals surface area contributed by atoms with Gasteiger partial charge in [0.15, 0.2) is 0 Å². The van der Waals surface area contributed by atoms with Gasteiger partial charge >= 0.3 is 5.97 Å². The van der Waals surface area contributed by atoms with Crippen LogP contribution in [0.25, 0.3) is 6.08 Å². The molecule has 1 N–H and O–H groups in total. The molecule has 4 heteroatoms. The first-order valence-electron chi connectivity index (χ1n) is 6.99. The van der Waals surface area contributed by atoms with Gasteiger partial charge in [-0.15, -0.1) is 0 Å². The van der Waals surface area contributed by atoms with Crippen molar-refractivity contribution < 1.29 is 14.3 Å². The third-order valence-electron chi connectivity index (χ3n) is 3.72. The molecule has 1 fully saturated rings. The van der Waals surface area contributed by atoms with E-state index in [1.54, 1.807) is 0 Å². The third-order valence-corrected chi connectivity index (χ3v) is 3.72. The number of aliphatic carboxylic acids is 1. The number of hydrogen-bond donors (Lipinski definition) is 1. The van der Waals surface area contributed by atoms with E-state index >= 15 is 0 Å². The van der Waals surface area contributed by atoms with Crippen molar-refractivity contribution in [3.05, 3.63) is 41.2 Å². The molecule has 2 rings (SSSR count). The second-order valence-corrected chi connectivity index (χ2v) is 5.38. The summed E-state index contributed by atoms with van der Waals surface area (Å²) in [4.78, 5) is 12.9. The number of carboxylic acid groups (broad SMARTS) is 1. The fraction of sp³-hybridized carbons (Fsp3) is 0.438. The highest BCUT2D eigenvalue weighted by Gasteiger charge is 2.18. The Kier molecular flexibility index (Phi) is 4.90. The van der Waals surface area contributed by atoms with Crippen molar-refractivity contribution in [3.8, 4) is 0 Å². The summed E-state index contributed by atoms with van der Waals surface area (Å²) in [6.07, 6.45) is 6.08. The maximum atomic E-state index is 13.6. The largest absolute Gasteiger partial charge is 0.478 e. The third kappa shape index (κ3) is 4.17. The molecule has 1 unspecified atom stereocenters. The van der Waals surface area contributed by atoms with Crippen LogP contribution in [0.5, 0.6) is 0 Å². The summed E-state index contributed by atoms with van der Waals surface area (Å²) in [5.74, 6) is -1.35. The summed E-state index contributed by atoms with van der Waals surface area (Å²) in [6.45, 7) is 3.95. The minimum Gasteiger partial charge on any atom is -0.478 e. The van der Waals surface area contributed by atoms with Gasteiger partial charge in [-0.3, -0.25) is 4.90 Å². The molecule has 1 aromatic carbocycles. The van der Waals surface area contributed by atoms with E-state index in [0.29, 0.717) is 18.2 Å². The van der Waals surface area contributed by atoms with Crippen LogP contribution in [0.4, 0.5) is 4.39 Å². The van der Waals surface area contributed by atoms with E-state index in [1.807, 2.05) is 6.07 Å². The highest BCUT2D eigenvalue weighted by Crippen LogP contribution is 2.20. The van der Waals surface area contributed by atoms with Gasteiger partial charge in [-0.05, 0) is 55.6 Å². The lowest BCUT2D eigenvalue weighted by atomic mass is 10.0. The van der Waals surface area contributed by atoms with E-state index in [2.05, 4.69) is 11.8 Å². The van der Waals surface area contributed by atoms with E-state index < -0.39 is 5.97 Å². The average molecular weight is 277 g/mol. The Labute approximate surface area is 118 Å². The van der Waals surface area contributed by atoms with Crippen molar-refractivity contribution in [2.45, 2.75) is 38.8 Å². The summed E-state index contributed by atoms with van der Waals surface area (Å²) in [7, 11) is 0. The molecule has 0 saturated carbocycles. The quantitative estimate of drug-likeness (QED) is 0.858. The summed E-state index contributed by atoms with van der Waals surface area (Å²) in [6, 6.07) is 5.25. The van der Waals surface area contributed by atoms with Gasteiger partial charge in [0.25, 0.3) is 0 Å². The minimum atomic E-state index is -1.03. The second kappa shape index (κ2) is 6.66. The van der Waals surface area contributed by atoms with Gasteiger partial charge in [0.1, 0.15) is 5.82 Å². The average Bonchev–Trinajstić information content (AvgIpc) is 2.38. The van der Waals surface area contributed by atoms with Crippen molar-refractivity contribution >= 4 is 12.0 Å². The van der Waals surface area contributed by atoms with E-state index in [0.717, 1.165) is 18.2 Å². The van der Waals surface area contributed by atoms with Crippen LogP contribution in [0.3, 0.4) is 0 Å². The lowest BCUT2D eigenvalue weighted by molar-refractivity contribution is -0.131. The van der Waals surface area contributed by atoms with E-state index in [4.69, 9.17) is 5.11 Å². The first kappa shape index (κ1) is 14.7. The second-order valence-electron chi connectivity index (χ2n) is 5.38. The van der Waals surface area contributed by atoms with Crippen LogP contribution < -0.4 is 0 Å². The number of rotatable bonds is 4. The zero-order valence-corrected chi connectivity index (χ0v) is 11.7. The van der Waals surface area contributed by atoms with Crippen molar-refractivity contribution in [2.24, 2.45) is 0 Å². The molecule has 1 aliphatic rings. The molecule has 0 amide bonds. The molecule has 0 spiro atoms. The first-order valence-corrected chi connectivity index (χ1v) is 6.99. The molecular formula is C16H20FNO2. The number of piperidine rings is 1. The molecule has 1 saturated heterocycles. The zero-order chi connectivity index (χ0) is 14.5. The van der Waals surface area contributed by atoms with Crippen molar-refractivity contribution in [3.63, 3.8) is 0 Å². The Hall–Kier alpha value is -1.68. The van der Waals surface area contributed by atoms with Crippen molar-refractivity contribution in [1.29, 1.82) is 0 Å². The maximum Gasteiger partial charge on any atom is 0.328 e. The van der Waals surface area contributed by atoms with Crippen LogP contribution in [0.1, 0.15) is 37.3 Å². The van der Waals surface area contributed by atoms with Crippen molar-refractivity contribution in [1.82, 2.24) is 4.90 Å². The van der Waals surface area contributed by atoms with E-state index in [-0.39, 0.29) is 5.82 Å². The molecule has 3 nitrogen and oxygen atoms in total. The summed E-state index contributed by atoms with van der Waals surface area (Å²) in [5, 5.41) is 8.62. The van der Waals surface area contributed by atoms with Gasteiger partial charge in [0.2, 0.25) is 0 Å². The molecule has 1 heterocycles. The predicted molar refractivity (Wildman–Crippen MR) is 76.8 cm³/mol. The van der Waals surface area contributed by atoms with Crippen molar-refractivity contribution in [2.75, 3.05) is 6.54 Å². The van der Waals surface area contributed by atoms with Crippen LogP contribution in [0.2, 0.25) is 0 Å². The molecule has 108 valence electrons. The van der Waals surface area contributed by atoms with Crippen LogP contribution in [0.15, 0.2) is 24.3 Å². The summed E-state index contributed by atoms with van der Waals surface area (Å²) in [5.41, 5.74) is 1.48. The molecule has 0 bridgehead atoms. The predicted octanol–water partition coefficient (Wildman–Crippen LogP) is 3.30. The monoisotopic (exact) mass is 277 g/mol. The highest BCUT2D eigenvalue weighted by molar-refractivity contribution is 5.85. The van der Waals surface area contributed by atoms with Gasteiger partial charge in [0, 0.05) is 18.7 Å². The molecule has 1 aromatic rings. The maximum absolute atomic E-state index is 13.6. The number of likely N-dealkylation sites (tertiary alicyclic amines) is 1. The van der Waals surface area contributed by atoms with Crippen LogP contribution >= 0.6 is 0 Å². The molecule has 0 aliphatic carbocycles. The summed E-state index contributed by atoms with van der Waals surface area (Å²) < 4.78 is 13.6. The highest BCUT2D eigenvalue weighted by atomic mass is 19.1. The smallest absolute Gasteiger partial charge is 0.328 e. The molecule has 1 atom stereocenters. The van der Waals surface area contributed by atoms with Gasteiger partial charge in [-0.1, -0.05) is 12.5 Å². The first-order chi connectivity index (χ1) is 9.54. The van der Waals surface area contributed by atoms with Crippen LogP contribution in [-0.2, 0) is 11.3 Å². The lowest BCUT2D eigenvalue weighted by Gasteiger charge is -2.33. The molecule has 0 aromatic heterocycles. The van der Waals surface area contributed by atoms with E-state index in [9.17, 15) is 9.18 Å². The molecule has 20 heavy (non-hydrogen) atoms. The van der Waals surface area contributed by atoms with Crippen LogP contribution in [0, 0.1) is 5.82 Å². The number of benzene rings is 1. The summed E-state index contributed by atoms with van der Waals surface area (Å²) >= 11 is 0. The normalized spacial score (nSPS) is 20.4. The van der Waals surface area contributed by atoms with Crippen LogP contribution in [-0.4, -0.2) is 28.6 Å².